The van der Waals surface area contributed by atoms with Crippen LogP contribution in [0.2, 0.25) is 5.02 Å². The molecular formula is C16H23ClN2O. The summed E-state index contributed by atoms with van der Waals surface area (Å²) in [6.45, 7) is 1.98. The number of nitrogens with one attached hydrogen (secondary N) is 1. The summed E-state index contributed by atoms with van der Waals surface area (Å²) in [6.07, 6.45) is 5.26. The van der Waals surface area contributed by atoms with Crippen LogP contribution in [-0.2, 0) is 4.79 Å². The van der Waals surface area contributed by atoms with E-state index in [-0.39, 0.29) is 23.9 Å². The second kappa shape index (κ2) is 7.09. The molecule has 3 atom stereocenters. The van der Waals surface area contributed by atoms with E-state index in [2.05, 4.69) is 5.32 Å². The number of benzene rings is 1. The highest BCUT2D eigenvalue weighted by atomic mass is 35.5. The zero-order valence-electron chi connectivity index (χ0n) is 11.9. The van der Waals surface area contributed by atoms with E-state index in [9.17, 15) is 4.79 Å². The van der Waals surface area contributed by atoms with Crippen molar-refractivity contribution >= 4 is 17.5 Å². The highest BCUT2D eigenvalue weighted by Gasteiger charge is 2.27. The van der Waals surface area contributed by atoms with Gasteiger partial charge in [0.05, 0.1) is 12.0 Å². The Bertz CT molecular complexity index is 464. The van der Waals surface area contributed by atoms with Crippen molar-refractivity contribution < 1.29 is 4.79 Å². The van der Waals surface area contributed by atoms with E-state index in [1.807, 2.05) is 31.2 Å². The van der Waals surface area contributed by atoms with E-state index in [0.717, 1.165) is 31.2 Å². The van der Waals surface area contributed by atoms with Crippen molar-refractivity contribution in [1.82, 2.24) is 5.32 Å². The van der Waals surface area contributed by atoms with E-state index in [1.165, 1.54) is 6.42 Å². The normalized spacial score (nSPS) is 24.8. The van der Waals surface area contributed by atoms with Gasteiger partial charge in [0.25, 0.3) is 0 Å². The molecule has 0 aromatic heterocycles. The van der Waals surface area contributed by atoms with Crippen LogP contribution in [-0.4, -0.2) is 11.9 Å². The minimum atomic E-state index is -0.0564. The molecule has 1 aromatic carbocycles. The zero-order valence-corrected chi connectivity index (χ0v) is 12.7. The standard InChI is InChI=1S/C16H23ClN2O/c1-11(12-6-5-7-13(17)10-12)19-16(20)14-8-3-2-4-9-15(14)18/h5-7,10-11,14-15H,2-4,8-9,18H2,1H3,(H,19,20)/t11-,14?,15?/m1/s1. The summed E-state index contributed by atoms with van der Waals surface area (Å²) < 4.78 is 0. The van der Waals surface area contributed by atoms with E-state index in [1.54, 1.807) is 0 Å². The Labute approximate surface area is 125 Å². The molecule has 0 bridgehead atoms. The molecule has 0 heterocycles. The molecule has 1 saturated carbocycles. The predicted octanol–water partition coefficient (Wildman–Crippen LogP) is 3.42. The lowest BCUT2D eigenvalue weighted by molar-refractivity contribution is -0.126. The Morgan fingerprint density at radius 3 is 2.85 bits per heavy atom. The van der Waals surface area contributed by atoms with Crippen LogP contribution in [0, 0.1) is 5.92 Å². The number of halogens is 1. The van der Waals surface area contributed by atoms with Crippen molar-refractivity contribution in [1.29, 1.82) is 0 Å². The summed E-state index contributed by atoms with van der Waals surface area (Å²) >= 11 is 5.99. The molecule has 1 fully saturated rings. The largest absolute Gasteiger partial charge is 0.349 e. The lowest BCUT2D eigenvalue weighted by Gasteiger charge is -2.23. The van der Waals surface area contributed by atoms with Gasteiger partial charge in [-0.1, -0.05) is 43.0 Å². The Morgan fingerprint density at radius 2 is 2.10 bits per heavy atom. The average molecular weight is 295 g/mol. The fourth-order valence-corrected chi connectivity index (χ4v) is 3.04. The van der Waals surface area contributed by atoms with Crippen LogP contribution < -0.4 is 11.1 Å². The molecule has 20 heavy (non-hydrogen) atoms. The Morgan fingerprint density at radius 1 is 1.35 bits per heavy atom. The predicted molar refractivity (Wildman–Crippen MR) is 82.6 cm³/mol. The van der Waals surface area contributed by atoms with Crippen LogP contribution in [0.1, 0.15) is 50.6 Å². The molecular weight excluding hydrogens is 272 g/mol. The van der Waals surface area contributed by atoms with Gasteiger partial charge in [-0.25, -0.2) is 0 Å². The topological polar surface area (TPSA) is 55.1 Å². The number of hydrogen-bond donors (Lipinski definition) is 2. The van der Waals surface area contributed by atoms with Crippen LogP contribution >= 0.6 is 11.6 Å². The Kier molecular flexibility index (Phi) is 5.44. The molecule has 4 heteroatoms. The van der Waals surface area contributed by atoms with Gasteiger partial charge < -0.3 is 11.1 Å². The lowest BCUT2D eigenvalue weighted by Crippen LogP contribution is -2.42. The molecule has 1 amide bonds. The third kappa shape index (κ3) is 3.97. The van der Waals surface area contributed by atoms with Gasteiger partial charge in [-0.15, -0.1) is 0 Å². The van der Waals surface area contributed by atoms with Gasteiger partial charge in [0.15, 0.2) is 0 Å². The van der Waals surface area contributed by atoms with E-state index in [4.69, 9.17) is 17.3 Å². The van der Waals surface area contributed by atoms with Gasteiger partial charge in [0, 0.05) is 11.1 Å². The van der Waals surface area contributed by atoms with Gasteiger partial charge in [-0.05, 0) is 37.5 Å². The lowest BCUT2D eigenvalue weighted by atomic mass is 9.94. The highest BCUT2D eigenvalue weighted by molar-refractivity contribution is 6.30. The van der Waals surface area contributed by atoms with Gasteiger partial charge in [-0.3, -0.25) is 4.79 Å². The van der Waals surface area contributed by atoms with Gasteiger partial charge in [0.2, 0.25) is 5.91 Å². The maximum absolute atomic E-state index is 12.4. The summed E-state index contributed by atoms with van der Waals surface area (Å²) in [6, 6.07) is 7.54. The highest BCUT2D eigenvalue weighted by Crippen LogP contribution is 2.24. The minimum absolute atomic E-state index is 0.0101. The summed E-state index contributed by atoms with van der Waals surface area (Å²) in [4.78, 5) is 12.4. The molecule has 1 aliphatic carbocycles. The fourth-order valence-electron chi connectivity index (χ4n) is 2.84. The van der Waals surface area contributed by atoms with Crippen molar-refractivity contribution in [3.8, 4) is 0 Å². The molecule has 0 saturated heterocycles. The number of carbonyl (C=O) groups is 1. The minimum Gasteiger partial charge on any atom is -0.349 e. The zero-order chi connectivity index (χ0) is 14.5. The third-order valence-corrected chi connectivity index (χ3v) is 4.35. The first-order chi connectivity index (χ1) is 9.58. The SMILES string of the molecule is C[C@@H](NC(=O)C1CCCCCC1N)c1cccc(Cl)c1. The molecule has 1 aliphatic rings. The van der Waals surface area contributed by atoms with Gasteiger partial charge >= 0.3 is 0 Å². The summed E-state index contributed by atoms with van der Waals surface area (Å²) in [5.74, 6) is 0.0195. The van der Waals surface area contributed by atoms with Crippen molar-refractivity contribution in [2.45, 2.75) is 51.1 Å². The fraction of sp³-hybridized carbons (Fsp3) is 0.562. The Hall–Kier alpha value is -1.06. The van der Waals surface area contributed by atoms with Crippen LogP contribution in [0.3, 0.4) is 0 Å². The molecule has 2 rings (SSSR count). The molecule has 3 nitrogen and oxygen atoms in total. The quantitative estimate of drug-likeness (QED) is 0.839. The average Bonchev–Trinajstić information content (AvgIpc) is 2.63. The maximum Gasteiger partial charge on any atom is 0.225 e. The van der Waals surface area contributed by atoms with E-state index in [0.29, 0.717) is 5.02 Å². The van der Waals surface area contributed by atoms with Crippen LogP contribution in [0.15, 0.2) is 24.3 Å². The van der Waals surface area contributed by atoms with Crippen molar-refractivity contribution in [2.75, 3.05) is 0 Å². The van der Waals surface area contributed by atoms with E-state index >= 15 is 0 Å². The van der Waals surface area contributed by atoms with Crippen LogP contribution in [0.5, 0.6) is 0 Å². The number of amides is 1. The van der Waals surface area contributed by atoms with Crippen LogP contribution in [0.25, 0.3) is 0 Å². The molecule has 0 spiro atoms. The number of nitrogens with two attached hydrogens (primary N) is 1. The first-order valence-electron chi connectivity index (χ1n) is 7.39. The van der Waals surface area contributed by atoms with Crippen molar-refractivity contribution in [3.63, 3.8) is 0 Å². The first-order valence-corrected chi connectivity index (χ1v) is 7.77. The second-order valence-corrected chi connectivity index (χ2v) is 6.13. The molecule has 2 unspecified atom stereocenters. The third-order valence-electron chi connectivity index (χ3n) is 4.11. The molecule has 0 radical (unpaired) electrons. The van der Waals surface area contributed by atoms with E-state index < -0.39 is 0 Å². The second-order valence-electron chi connectivity index (χ2n) is 5.69. The summed E-state index contributed by atoms with van der Waals surface area (Å²) in [5.41, 5.74) is 7.16. The monoisotopic (exact) mass is 294 g/mol. The molecule has 0 aliphatic heterocycles. The maximum atomic E-state index is 12.4. The first kappa shape index (κ1) is 15.3. The van der Waals surface area contributed by atoms with Crippen LogP contribution in [0.4, 0.5) is 0 Å². The summed E-state index contributed by atoms with van der Waals surface area (Å²) in [5, 5.41) is 3.76. The van der Waals surface area contributed by atoms with Gasteiger partial charge in [0.1, 0.15) is 0 Å². The smallest absolute Gasteiger partial charge is 0.225 e. The number of carbonyl (C=O) groups excluding carboxylic acids is 1. The number of hydrogen-bond acceptors (Lipinski definition) is 2. The molecule has 1 aromatic rings. The van der Waals surface area contributed by atoms with Crippen molar-refractivity contribution in [3.05, 3.63) is 34.9 Å². The molecule has 110 valence electrons. The van der Waals surface area contributed by atoms with Crippen molar-refractivity contribution in [2.24, 2.45) is 11.7 Å². The summed E-state index contributed by atoms with van der Waals surface area (Å²) in [7, 11) is 0. The molecule has 3 N–H and O–H groups in total. The Balaban J connectivity index is 1.99. The number of rotatable bonds is 3. The van der Waals surface area contributed by atoms with Gasteiger partial charge in [-0.2, -0.15) is 0 Å².